The third-order valence-electron chi connectivity index (χ3n) is 4.70. The van der Waals surface area contributed by atoms with Crippen molar-refractivity contribution in [3.05, 3.63) is 57.6 Å². The second kappa shape index (κ2) is 5.66. The number of carboxylic acids is 1. The van der Waals surface area contributed by atoms with Crippen LogP contribution < -0.4 is 0 Å². The molecule has 1 aliphatic heterocycles. The van der Waals surface area contributed by atoms with Crippen LogP contribution in [0.25, 0.3) is 0 Å². The van der Waals surface area contributed by atoms with Gasteiger partial charge in [0.25, 0.3) is 0 Å². The highest BCUT2D eigenvalue weighted by molar-refractivity contribution is 6.30. The van der Waals surface area contributed by atoms with Crippen LogP contribution in [0.1, 0.15) is 55.5 Å². The molecule has 136 valence electrons. The predicted molar refractivity (Wildman–Crippen MR) is 87.9 cm³/mol. The molecule has 2 aromatic rings. The molecular weight excluding hydrogens is 356 g/mol. The summed E-state index contributed by atoms with van der Waals surface area (Å²) < 4.78 is 5.03. The summed E-state index contributed by atoms with van der Waals surface area (Å²) in [6.07, 6.45) is -2.15. The number of hydrogen-bond donors (Lipinski definition) is 3. The third kappa shape index (κ3) is 2.37. The van der Waals surface area contributed by atoms with E-state index in [1.165, 1.54) is 24.3 Å². The summed E-state index contributed by atoms with van der Waals surface area (Å²) in [5.41, 5.74) is -0.436. The van der Waals surface area contributed by atoms with Crippen molar-refractivity contribution in [2.24, 2.45) is 0 Å². The Kier molecular flexibility index (Phi) is 3.52. The number of carbonyl (C=O) groups is 4. The van der Waals surface area contributed by atoms with Gasteiger partial charge in [-0.2, -0.15) is 0 Å². The topological polar surface area (TPSA) is 138 Å². The van der Waals surface area contributed by atoms with Crippen molar-refractivity contribution in [1.29, 1.82) is 0 Å². The van der Waals surface area contributed by atoms with Crippen LogP contribution in [-0.4, -0.2) is 38.8 Å². The quantitative estimate of drug-likeness (QED) is 0.578. The zero-order valence-corrected chi connectivity index (χ0v) is 13.7. The van der Waals surface area contributed by atoms with Crippen molar-refractivity contribution in [3.63, 3.8) is 0 Å². The predicted octanol–water partition coefficient (Wildman–Crippen LogP) is 1.49. The molecule has 2 aromatic carbocycles. The van der Waals surface area contributed by atoms with Crippen molar-refractivity contribution in [1.82, 2.24) is 0 Å². The van der Waals surface area contributed by atoms with Crippen LogP contribution in [0.2, 0.25) is 0 Å². The molecule has 1 aliphatic carbocycles. The molecule has 0 radical (unpaired) electrons. The van der Waals surface area contributed by atoms with Gasteiger partial charge in [-0.05, 0) is 17.7 Å². The zero-order valence-electron chi connectivity index (χ0n) is 13.7. The van der Waals surface area contributed by atoms with E-state index in [0.29, 0.717) is 0 Å². The summed E-state index contributed by atoms with van der Waals surface area (Å²) in [7, 11) is 0. The average Bonchev–Trinajstić information content (AvgIpc) is 2.58. The number of cyclic esters (lactones) is 1. The Balaban J connectivity index is 1.98. The third-order valence-corrected chi connectivity index (χ3v) is 4.70. The van der Waals surface area contributed by atoms with Crippen LogP contribution in [0.4, 0.5) is 0 Å². The number of aromatic hydroxyl groups is 2. The number of ketones is 2. The van der Waals surface area contributed by atoms with Crippen molar-refractivity contribution in [3.8, 4) is 11.5 Å². The van der Waals surface area contributed by atoms with Crippen molar-refractivity contribution < 1.29 is 39.2 Å². The molecule has 1 atom stereocenters. The van der Waals surface area contributed by atoms with Gasteiger partial charge >= 0.3 is 11.9 Å². The number of carbonyl (C=O) groups excluding carboxylic acids is 3. The summed E-state index contributed by atoms with van der Waals surface area (Å²) in [6.45, 7) is 0. The van der Waals surface area contributed by atoms with Gasteiger partial charge in [-0.15, -0.1) is 0 Å². The Morgan fingerprint density at radius 3 is 2.52 bits per heavy atom. The van der Waals surface area contributed by atoms with Crippen molar-refractivity contribution in [2.45, 2.75) is 18.9 Å². The van der Waals surface area contributed by atoms with Gasteiger partial charge in [-0.3, -0.25) is 19.2 Å². The lowest BCUT2D eigenvalue weighted by atomic mass is 9.79. The molecule has 4 rings (SSSR count). The van der Waals surface area contributed by atoms with Gasteiger partial charge in [0.2, 0.25) is 5.78 Å². The van der Waals surface area contributed by atoms with E-state index in [4.69, 9.17) is 9.84 Å². The molecule has 0 bridgehead atoms. The van der Waals surface area contributed by atoms with Crippen LogP contribution in [0.5, 0.6) is 11.5 Å². The largest absolute Gasteiger partial charge is 0.507 e. The lowest BCUT2D eigenvalue weighted by Crippen LogP contribution is -2.27. The number of fused-ring (bicyclic) bond motifs is 3. The van der Waals surface area contributed by atoms with Crippen molar-refractivity contribution in [2.75, 3.05) is 0 Å². The lowest BCUT2D eigenvalue weighted by Gasteiger charge is -2.28. The average molecular weight is 368 g/mol. The fourth-order valence-corrected chi connectivity index (χ4v) is 3.61. The number of phenolic OH excluding ortho intramolecular Hbond substituents is 2. The first-order valence-corrected chi connectivity index (χ1v) is 8.01. The first-order valence-electron chi connectivity index (χ1n) is 8.01. The molecule has 0 saturated carbocycles. The van der Waals surface area contributed by atoms with Gasteiger partial charge in [0.05, 0.1) is 24.0 Å². The highest BCUT2D eigenvalue weighted by Crippen LogP contribution is 2.44. The molecule has 2 aliphatic rings. The highest BCUT2D eigenvalue weighted by atomic mass is 16.5. The summed E-state index contributed by atoms with van der Waals surface area (Å²) in [5.74, 6) is -4.30. The Bertz CT molecular complexity index is 1070. The molecule has 1 unspecified atom stereocenters. The van der Waals surface area contributed by atoms with E-state index in [9.17, 15) is 29.4 Å². The number of carboxylic acid groups (broad SMARTS) is 1. The van der Waals surface area contributed by atoms with Gasteiger partial charge in [0.1, 0.15) is 17.6 Å². The first kappa shape index (κ1) is 16.8. The van der Waals surface area contributed by atoms with E-state index < -0.39 is 47.5 Å². The molecule has 0 aromatic heterocycles. The summed E-state index contributed by atoms with van der Waals surface area (Å²) >= 11 is 0. The molecule has 1 heterocycles. The molecule has 0 fully saturated rings. The van der Waals surface area contributed by atoms with Gasteiger partial charge in [-0.1, -0.05) is 12.1 Å². The molecule has 0 saturated heterocycles. The first-order chi connectivity index (χ1) is 12.8. The second-order valence-corrected chi connectivity index (χ2v) is 6.33. The van der Waals surface area contributed by atoms with E-state index in [1.807, 2.05) is 0 Å². The maximum Gasteiger partial charge on any atom is 0.310 e. The fourth-order valence-electron chi connectivity index (χ4n) is 3.61. The molecule has 0 spiro atoms. The standard InChI is InChI=1S/C19H12O8/c20-10-3-1-2-8-15(10)19(26)16-9(17(8)24)4-7-5-13(23)27-11(6-12(21)22)14(7)18(16)25/h1-4,11,20,25H,5-6H2,(H,21,22). The zero-order chi connectivity index (χ0) is 19.5. The van der Waals surface area contributed by atoms with Crippen LogP contribution >= 0.6 is 0 Å². The minimum Gasteiger partial charge on any atom is -0.507 e. The molecule has 27 heavy (non-hydrogen) atoms. The molecule has 8 heteroatoms. The lowest BCUT2D eigenvalue weighted by molar-refractivity contribution is -0.154. The summed E-state index contributed by atoms with van der Waals surface area (Å²) in [4.78, 5) is 48.6. The Hall–Kier alpha value is -3.68. The maximum atomic E-state index is 12.9. The van der Waals surface area contributed by atoms with Crippen LogP contribution in [0, 0.1) is 0 Å². The van der Waals surface area contributed by atoms with Crippen LogP contribution in [0.3, 0.4) is 0 Å². The number of phenols is 2. The van der Waals surface area contributed by atoms with Crippen LogP contribution in [-0.2, 0) is 20.7 Å². The Morgan fingerprint density at radius 1 is 1.07 bits per heavy atom. The minimum absolute atomic E-state index is 0.00392. The Labute approximate surface area is 151 Å². The van der Waals surface area contributed by atoms with Gasteiger partial charge in [-0.25, -0.2) is 0 Å². The highest BCUT2D eigenvalue weighted by Gasteiger charge is 2.40. The number of ether oxygens (including phenoxy) is 1. The molecular formula is C19H12O8. The van der Waals surface area contributed by atoms with E-state index in [2.05, 4.69) is 0 Å². The molecule has 3 N–H and O–H groups in total. The fraction of sp³-hybridized carbons (Fsp3) is 0.158. The van der Waals surface area contributed by atoms with E-state index in [0.717, 1.165) is 0 Å². The number of esters is 1. The Morgan fingerprint density at radius 2 is 1.81 bits per heavy atom. The van der Waals surface area contributed by atoms with Gasteiger partial charge in [0.15, 0.2) is 5.78 Å². The summed E-state index contributed by atoms with van der Waals surface area (Å²) in [5, 5.41) is 29.8. The van der Waals surface area contributed by atoms with Crippen LogP contribution in [0.15, 0.2) is 24.3 Å². The van der Waals surface area contributed by atoms with Gasteiger partial charge in [0, 0.05) is 16.7 Å². The van der Waals surface area contributed by atoms with E-state index in [-0.39, 0.29) is 39.8 Å². The maximum absolute atomic E-state index is 12.9. The number of aliphatic carboxylic acids is 1. The smallest absolute Gasteiger partial charge is 0.310 e. The monoisotopic (exact) mass is 368 g/mol. The van der Waals surface area contributed by atoms with Crippen molar-refractivity contribution >= 4 is 23.5 Å². The molecule has 8 nitrogen and oxygen atoms in total. The molecule has 0 amide bonds. The normalized spacial score (nSPS) is 17.6. The number of hydrogen-bond acceptors (Lipinski definition) is 7. The number of benzene rings is 2. The minimum atomic E-state index is -1.28. The SMILES string of the molecule is O=C(O)CC1OC(=O)Cc2cc3c(c(O)c21)C(=O)c1c(O)cccc1C3=O. The number of rotatable bonds is 2. The van der Waals surface area contributed by atoms with E-state index >= 15 is 0 Å². The summed E-state index contributed by atoms with van der Waals surface area (Å²) in [6, 6.07) is 5.37. The second-order valence-electron chi connectivity index (χ2n) is 6.33. The van der Waals surface area contributed by atoms with E-state index in [1.54, 1.807) is 0 Å². The van der Waals surface area contributed by atoms with Gasteiger partial charge < -0.3 is 20.1 Å².